The van der Waals surface area contributed by atoms with E-state index in [2.05, 4.69) is 4.98 Å². The molecule has 8 heteroatoms. The topological polar surface area (TPSA) is 125 Å². The molecule has 1 fully saturated rings. The highest BCUT2D eigenvalue weighted by molar-refractivity contribution is 5.94. The summed E-state index contributed by atoms with van der Waals surface area (Å²) >= 11 is 0. The molecule has 2 heterocycles. The van der Waals surface area contributed by atoms with Crippen molar-refractivity contribution in [2.75, 3.05) is 6.61 Å². The van der Waals surface area contributed by atoms with Gasteiger partial charge in [-0.1, -0.05) is 0 Å². The standard InChI is InChI=1S/C10H14N2O6/c1-4(14)6-9(17)12(3-11-6)10-8(16)7(15)5(2-13)18-10/h3,5,7-8,10,13,15-17H,2H2,1H3/t5-,7-,8-,10-/m1/s1. The molecule has 100 valence electrons. The Balaban J connectivity index is 2.30. The fourth-order valence-electron chi connectivity index (χ4n) is 1.90. The number of imidazole rings is 1. The van der Waals surface area contributed by atoms with Gasteiger partial charge in [0.1, 0.15) is 24.6 Å². The van der Waals surface area contributed by atoms with Crippen molar-refractivity contribution in [3.63, 3.8) is 0 Å². The number of nitrogens with zero attached hydrogens (tertiary/aromatic N) is 2. The third kappa shape index (κ3) is 1.89. The molecule has 0 bridgehead atoms. The van der Waals surface area contributed by atoms with Gasteiger partial charge in [-0.05, 0) is 0 Å². The maximum absolute atomic E-state index is 11.1. The first-order chi connectivity index (χ1) is 8.47. The number of carbonyl (C=O) groups excluding carboxylic acids is 1. The van der Waals surface area contributed by atoms with Gasteiger partial charge in [0.15, 0.2) is 17.7 Å². The van der Waals surface area contributed by atoms with Crippen molar-refractivity contribution in [3.05, 3.63) is 12.0 Å². The first-order valence-electron chi connectivity index (χ1n) is 5.36. The summed E-state index contributed by atoms with van der Waals surface area (Å²) in [5.41, 5.74) is -0.146. The van der Waals surface area contributed by atoms with E-state index in [0.717, 1.165) is 10.9 Å². The van der Waals surface area contributed by atoms with Crippen LogP contribution in [0.4, 0.5) is 0 Å². The van der Waals surface area contributed by atoms with Crippen LogP contribution in [0.3, 0.4) is 0 Å². The normalized spacial score (nSPS) is 31.8. The van der Waals surface area contributed by atoms with Gasteiger partial charge >= 0.3 is 0 Å². The number of hydrogen-bond acceptors (Lipinski definition) is 7. The van der Waals surface area contributed by atoms with E-state index >= 15 is 0 Å². The Morgan fingerprint density at radius 1 is 1.50 bits per heavy atom. The molecule has 4 N–H and O–H groups in total. The minimum Gasteiger partial charge on any atom is -0.493 e. The zero-order valence-electron chi connectivity index (χ0n) is 9.59. The fraction of sp³-hybridized carbons (Fsp3) is 0.600. The number of aromatic hydroxyl groups is 1. The Bertz CT molecular complexity index is 459. The van der Waals surface area contributed by atoms with Gasteiger partial charge in [-0.25, -0.2) is 4.98 Å². The number of hydrogen-bond donors (Lipinski definition) is 4. The maximum atomic E-state index is 11.1. The zero-order chi connectivity index (χ0) is 13.4. The van der Waals surface area contributed by atoms with E-state index in [1.54, 1.807) is 0 Å². The Kier molecular flexibility index (Phi) is 3.35. The molecule has 4 atom stereocenters. The van der Waals surface area contributed by atoms with Crippen LogP contribution in [-0.4, -0.2) is 60.7 Å². The fourth-order valence-corrected chi connectivity index (χ4v) is 1.90. The summed E-state index contributed by atoms with van der Waals surface area (Å²) in [5.74, 6) is -0.879. The molecule has 2 rings (SSSR count). The van der Waals surface area contributed by atoms with Crippen LogP contribution in [-0.2, 0) is 4.74 Å². The number of aliphatic hydroxyl groups excluding tert-OH is 3. The lowest BCUT2D eigenvalue weighted by atomic mass is 10.1. The molecule has 0 spiro atoms. The van der Waals surface area contributed by atoms with Gasteiger partial charge in [-0.2, -0.15) is 0 Å². The average Bonchev–Trinajstić information content (AvgIpc) is 2.82. The summed E-state index contributed by atoms with van der Waals surface area (Å²) < 4.78 is 6.24. The molecular formula is C10H14N2O6. The predicted molar refractivity (Wildman–Crippen MR) is 56.9 cm³/mol. The smallest absolute Gasteiger partial charge is 0.224 e. The minimum atomic E-state index is -1.33. The summed E-state index contributed by atoms with van der Waals surface area (Å²) in [4.78, 5) is 14.8. The molecule has 1 aliphatic heterocycles. The van der Waals surface area contributed by atoms with E-state index < -0.39 is 42.8 Å². The van der Waals surface area contributed by atoms with E-state index in [-0.39, 0.29) is 5.69 Å². The molecule has 1 saturated heterocycles. The second kappa shape index (κ2) is 4.65. The van der Waals surface area contributed by atoms with E-state index in [1.807, 2.05) is 0 Å². The van der Waals surface area contributed by atoms with Gasteiger partial charge in [0.2, 0.25) is 5.88 Å². The van der Waals surface area contributed by atoms with E-state index in [9.17, 15) is 20.1 Å². The minimum absolute atomic E-state index is 0.146. The number of carbonyl (C=O) groups is 1. The number of aliphatic hydroxyl groups is 3. The lowest BCUT2D eigenvalue weighted by molar-refractivity contribution is -0.0553. The number of Topliss-reactive ketones (excluding diaryl/α,β-unsaturated/α-hetero) is 1. The van der Waals surface area contributed by atoms with Gasteiger partial charge in [0, 0.05) is 6.92 Å². The Morgan fingerprint density at radius 2 is 2.17 bits per heavy atom. The van der Waals surface area contributed by atoms with Crippen LogP contribution < -0.4 is 0 Å². The van der Waals surface area contributed by atoms with Gasteiger partial charge < -0.3 is 25.2 Å². The van der Waals surface area contributed by atoms with Crippen molar-refractivity contribution in [2.45, 2.75) is 31.5 Å². The molecule has 1 aliphatic rings. The van der Waals surface area contributed by atoms with Crippen molar-refractivity contribution < 1.29 is 30.0 Å². The van der Waals surface area contributed by atoms with Crippen molar-refractivity contribution in [2.24, 2.45) is 0 Å². The van der Waals surface area contributed by atoms with Crippen LogP contribution >= 0.6 is 0 Å². The van der Waals surface area contributed by atoms with E-state index in [0.29, 0.717) is 0 Å². The molecule has 0 radical (unpaired) electrons. The quantitative estimate of drug-likeness (QED) is 0.481. The summed E-state index contributed by atoms with van der Waals surface area (Å²) in [5, 5.41) is 38.0. The lowest BCUT2D eigenvalue weighted by Gasteiger charge is -2.16. The molecule has 0 aliphatic carbocycles. The highest BCUT2D eigenvalue weighted by atomic mass is 16.6. The summed E-state index contributed by atoms with van der Waals surface area (Å²) in [6, 6.07) is 0. The van der Waals surface area contributed by atoms with Crippen LogP contribution in [0.15, 0.2) is 6.33 Å². The third-order valence-corrected chi connectivity index (χ3v) is 2.89. The van der Waals surface area contributed by atoms with Crippen LogP contribution in [0.5, 0.6) is 5.88 Å². The van der Waals surface area contributed by atoms with Crippen molar-refractivity contribution in [3.8, 4) is 5.88 Å². The molecule has 0 saturated carbocycles. The lowest BCUT2D eigenvalue weighted by Crippen LogP contribution is -2.33. The summed E-state index contributed by atoms with van der Waals surface area (Å²) in [6.07, 6.45) is -3.53. The maximum Gasteiger partial charge on any atom is 0.224 e. The molecule has 1 aromatic rings. The van der Waals surface area contributed by atoms with Gasteiger partial charge in [0.25, 0.3) is 0 Å². The number of ether oxygens (including phenoxy) is 1. The second-order valence-corrected chi connectivity index (χ2v) is 4.11. The van der Waals surface area contributed by atoms with E-state index in [4.69, 9.17) is 9.84 Å². The van der Waals surface area contributed by atoms with Crippen LogP contribution in [0.1, 0.15) is 23.6 Å². The van der Waals surface area contributed by atoms with Crippen LogP contribution in [0, 0.1) is 0 Å². The first-order valence-corrected chi connectivity index (χ1v) is 5.36. The highest BCUT2D eigenvalue weighted by Gasteiger charge is 2.44. The average molecular weight is 258 g/mol. The zero-order valence-corrected chi connectivity index (χ0v) is 9.59. The molecule has 0 amide bonds. The molecule has 0 unspecified atom stereocenters. The van der Waals surface area contributed by atoms with Gasteiger partial charge in [-0.3, -0.25) is 9.36 Å². The van der Waals surface area contributed by atoms with Gasteiger partial charge in [0.05, 0.1) is 6.61 Å². The number of rotatable bonds is 3. The highest BCUT2D eigenvalue weighted by Crippen LogP contribution is 2.33. The molecule has 18 heavy (non-hydrogen) atoms. The van der Waals surface area contributed by atoms with Gasteiger partial charge in [-0.15, -0.1) is 0 Å². The Morgan fingerprint density at radius 3 is 2.61 bits per heavy atom. The first kappa shape index (κ1) is 13.0. The number of aromatic nitrogens is 2. The van der Waals surface area contributed by atoms with Crippen molar-refractivity contribution in [1.29, 1.82) is 0 Å². The largest absolute Gasteiger partial charge is 0.493 e. The molecule has 1 aromatic heterocycles. The summed E-state index contributed by atoms with van der Waals surface area (Å²) in [7, 11) is 0. The Hall–Kier alpha value is -1.48. The van der Waals surface area contributed by atoms with Crippen molar-refractivity contribution in [1.82, 2.24) is 9.55 Å². The van der Waals surface area contributed by atoms with Crippen LogP contribution in [0.2, 0.25) is 0 Å². The summed E-state index contributed by atoms with van der Waals surface area (Å²) in [6.45, 7) is 0.771. The number of ketones is 1. The third-order valence-electron chi connectivity index (χ3n) is 2.89. The molecule has 0 aromatic carbocycles. The second-order valence-electron chi connectivity index (χ2n) is 4.11. The monoisotopic (exact) mass is 258 g/mol. The molecule has 8 nitrogen and oxygen atoms in total. The predicted octanol–water partition coefficient (Wildman–Crippen LogP) is -1.60. The van der Waals surface area contributed by atoms with Crippen LogP contribution in [0.25, 0.3) is 0 Å². The molecular weight excluding hydrogens is 244 g/mol. The SMILES string of the molecule is CC(=O)c1ncn([C@@H]2O[C@H](CO)[C@@H](O)[C@H]2O)c1O. The van der Waals surface area contributed by atoms with Crippen molar-refractivity contribution >= 4 is 5.78 Å². The Labute approximate surface area is 102 Å². The van der Waals surface area contributed by atoms with E-state index in [1.165, 1.54) is 6.92 Å².